The number of nitrogens with one attached hydrogen (secondary N) is 1. The lowest BCUT2D eigenvalue weighted by Crippen LogP contribution is -2.10. The van der Waals surface area contributed by atoms with Crippen LogP contribution in [0.25, 0.3) is 17.0 Å². The molecule has 0 spiro atoms. The summed E-state index contributed by atoms with van der Waals surface area (Å²) in [5.74, 6) is 1.40. The van der Waals surface area contributed by atoms with Crippen molar-refractivity contribution in [3.8, 4) is 11.4 Å². The van der Waals surface area contributed by atoms with E-state index in [9.17, 15) is 4.39 Å². The van der Waals surface area contributed by atoms with Crippen molar-refractivity contribution < 1.29 is 8.91 Å². The molecule has 26 heavy (non-hydrogen) atoms. The summed E-state index contributed by atoms with van der Waals surface area (Å²) in [4.78, 5) is 5.98. The van der Waals surface area contributed by atoms with Crippen molar-refractivity contribution in [2.24, 2.45) is 0 Å². The van der Waals surface area contributed by atoms with Crippen molar-refractivity contribution in [1.29, 1.82) is 0 Å². The molecule has 0 aliphatic rings. The van der Waals surface area contributed by atoms with Gasteiger partial charge in [-0.05, 0) is 29.4 Å². The molecule has 0 saturated carbocycles. The normalized spacial score (nSPS) is 11.0. The average Bonchev–Trinajstić information content (AvgIpc) is 3.27. The zero-order valence-corrected chi connectivity index (χ0v) is 14.1. The van der Waals surface area contributed by atoms with E-state index in [2.05, 4.69) is 30.8 Å². The molecule has 3 heterocycles. The lowest BCUT2D eigenvalue weighted by Gasteiger charge is -2.05. The van der Waals surface area contributed by atoms with Gasteiger partial charge < -0.3 is 14.7 Å². The van der Waals surface area contributed by atoms with E-state index >= 15 is 0 Å². The van der Waals surface area contributed by atoms with Crippen LogP contribution in [0, 0.1) is 5.82 Å². The summed E-state index contributed by atoms with van der Waals surface area (Å²) in [5, 5.41) is 19.4. The minimum Gasteiger partial charge on any atom is -0.360 e. The van der Waals surface area contributed by atoms with E-state index in [0.29, 0.717) is 41.2 Å². The van der Waals surface area contributed by atoms with Gasteiger partial charge in [0.2, 0.25) is 5.89 Å². The summed E-state index contributed by atoms with van der Waals surface area (Å²) in [6.07, 6.45) is 0. The second kappa shape index (κ2) is 6.39. The highest BCUT2D eigenvalue weighted by Crippen LogP contribution is 2.21. The SMILES string of the molecule is CN(C)c1noc(CNc2ccc3nnc(-c4ccccc4F)n3n2)n1. The van der Waals surface area contributed by atoms with Crippen LogP contribution in [0.3, 0.4) is 0 Å². The average molecular weight is 354 g/mol. The van der Waals surface area contributed by atoms with E-state index in [1.165, 1.54) is 10.6 Å². The standard InChI is InChI=1S/C16H15FN8O/c1-24(2)16-19-14(26-23-16)9-18-12-7-8-13-20-21-15(25(13)22-12)10-5-3-4-6-11(10)17/h3-8H,9H2,1-2H3,(H,18,22). The van der Waals surface area contributed by atoms with Crippen LogP contribution < -0.4 is 10.2 Å². The summed E-state index contributed by atoms with van der Waals surface area (Å²) < 4.78 is 20.7. The first-order chi connectivity index (χ1) is 12.6. The highest BCUT2D eigenvalue weighted by molar-refractivity contribution is 5.60. The number of anilines is 2. The van der Waals surface area contributed by atoms with Crippen molar-refractivity contribution in [2.45, 2.75) is 6.54 Å². The maximum absolute atomic E-state index is 14.1. The molecule has 0 aliphatic carbocycles. The summed E-state index contributed by atoms with van der Waals surface area (Å²) >= 11 is 0. The zero-order valence-electron chi connectivity index (χ0n) is 14.1. The third-order valence-corrected chi connectivity index (χ3v) is 3.66. The fourth-order valence-corrected chi connectivity index (χ4v) is 2.36. The van der Waals surface area contributed by atoms with Gasteiger partial charge >= 0.3 is 0 Å². The van der Waals surface area contributed by atoms with Crippen LogP contribution in [0.5, 0.6) is 0 Å². The van der Waals surface area contributed by atoms with Crippen LogP contribution in [0.15, 0.2) is 40.9 Å². The Morgan fingerprint density at radius 2 is 2.00 bits per heavy atom. The Bertz CT molecular complexity index is 1060. The van der Waals surface area contributed by atoms with Crippen molar-refractivity contribution in [3.63, 3.8) is 0 Å². The molecule has 4 aromatic rings. The van der Waals surface area contributed by atoms with E-state index in [1.807, 2.05) is 14.1 Å². The highest BCUT2D eigenvalue weighted by Gasteiger charge is 2.14. The van der Waals surface area contributed by atoms with Crippen LogP contribution in [-0.4, -0.2) is 44.0 Å². The van der Waals surface area contributed by atoms with E-state index in [4.69, 9.17) is 4.52 Å². The minimum absolute atomic E-state index is 0.302. The number of fused-ring (bicyclic) bond motifs is 1. The molecule has 0 radical (unpaired) electrons. The van der Waals surface area contributed by atoms with Gasteiger partial charge in [-0.25, -0.2) is 4.39 Å². The molecule has 1 N–H and O–H groups in total. The van der Waals surface area contributed by atoms with Crippen molar-refractivity contribution in [3.05, 3.63) is 48.1 Å². The van der Waals surface area contributed by atoms with E-state index in [0.717, 1.165) is 0 Å². The van der Waals surface area contributed by atoms with Gasteiger partial charge in [0, 0.05) is 14.1 Å². The summed E-state index contributed by atoms with van der Waals surface area (Å²) in [6, 6.07) is 9.85. The van der Waals surface area contributed by atoms with Crippen molar-refractivity contribution >= 4 is 17.4 Å². The number of aromatic nitrogens is 6. The lowest BCUT2D eigenvalue weighted by molar-refractivity contribution is 0.383. The third-order valence-electron chi connectivity index (χ3n) is 3.66. The van der Waals surface area contributed by atoms with Crippen LogP contribution in [-0.2, 0) is 6.54 Å². The Labute approximate surface area is 147 Å². The zero-order chi connectivity index (χ0) is 18.1. The molecule has 0 bridgehead atoms. The van der Waals surface area contributed by atoms with Gasteiger partial charge in [-0.15, -0.1) is 15.3 Å². The molecular weight excluding hydrogens is 339 g/mol. The third kappa shape index (κ3) is 2.92. The maximum Gasteiger partial charge on any atom is 0.265 e. The first-order valence-corrected chi connectivity index (χ1v) is 7.83. The van der Waals surface area contributed by atoms with E-state index in [1.54, 1.807) is 35.2 Å². The molecule has 4 rings (SSSR count). The predicted octanol–water partition coefficient (Wildman–Crippen LogP) is 1.99. The van der Waals surface area contributed by atoms with Gasteiger partial charge in [0.25, 0.3) is 5.95 Å². The Hall–Kier alpha value is -3.56. The Morgan fingerprint density at radius 1 is 1.15 bits per heavy atom. The molecule has 0 amide bonds. The van der Waals surface area contributed by atoms with Gasteiger partial charge in [-0.1, -0.05) is 12.1 Å². The fourth-order valence-electron chi connectivity index (χ4n) is 2.36. The van der Waals surface area contributed by atoms with Gasteiger partial charge in [-0.3, -0.25) is 0 Å². The molecule has 0 fully saturated rings. The van der Waals surface area contributed by atoms with Crippen LogP contribution in [0.1, 0.15) is 5.89 Å². The summed E-state index contributed by atoms with van der Waals surface area (Å²) in [6.45, 7) is 0.302. The molecule has 0 atom stereocenters. The Balaban J connectivity index is 1.60. The van der Waals surface area contributed by atoms with Gasteiger partial charge in [0.15, 0.2) is 11.5 Å². The molecule has 9 nitrogen and oxygen atoms in total. The number of rotatable bonds is 5. The quantitative estimate of drug-likeness (QED) is 0.581. The smallest absolute Gasteiger partial charge is 0.265 e. The van der Waals surface area contributed by atoms with Crippen LogP contribution in [0.2, 0.25) is 0 Å². The first kappa shape index (κ1) is 15.9. The number of hydrogen-bond acceptors (Lipinski definition) is 8. The lowest BCUT2D eigenvalue weighted by atomic mass is 10.2. The largest absolute Gasteiger partial charge is 0.360 e. The molecule has 10 heteroatoms. The van der Waals surface area contributed by atoms with E-state index < -0.39 is 0 Å². The van der Waals surface area contributed by atoms with Crippen LogP contribution in [0.4, 0.5) is 16.2 Å². The van der Waals surface area contributed by atoms with Crippen molar-refractivity contribution in [2.75, 3.05) is 24.3 Å². The topological polar surface area (TPSA) is 97.3 Å². The minimum atomic E-state index is -0.385. The highest BCUT2D eigenvalue weighted by atomic mass is 19.1. The summed E-state index contributed by atoms with van der Waals surface area (Å²) in [7, 11) is 3.65. The molecule has 3 aromatic heterocycles. The molecule has 0 unspecified atom stereocenters. The number of halogens is 1. The molecule has 1 aromatic carbocycles. The molecule has 132 valence electrons. The number of hydrogen-bond donors (Lipinski definition) is 1. The monoisotopic (exact) mass is 354 g/mol. The molecule has 0 aliphatic heterocycles. The summed E-state index contributed by atoms with van der Waals surface area (Å²) in [5.41, 5.74) is 0.846. The molecular formula is C16H15FN8O. The van der Waals surface area contributed by atoms with Gasteiger partial charge in [-0.2, -0.15) is 9.50 Å². The fraction of sp³-hybridized carbons (Fsp3) is 0.188. The second-order valence-electron chi connectivity index (χ2n) is 5.73. The van der Waals surface area contributed by atoms with Gasteiger partial charge in [0.05, 0.1) is 12.1 Å². The number of benzene rings is 1. The van der Waals surface area contributed by atoms with E-state index in [-0.39, 0.29) is 5.82 Å². The second-order valence-corrected chi connectivity index (χ2v) is 5.73. The number of nitrogens with zero attached hydrogens (tertiary/aromatic N) is 7. The Morgan fingerprint density at radius 3 is 2.77 bits per heavy atom. The van der Waals surface area contributed by atoms with Gasteiger partial charge in [0.1, 0.15) is 11.6 Å². The predicted molar refractivity (Wildman–Crippen MR) is 92.1 cm³/mol. The van der Waals surface area contributed by atoms with Crippen molar-refractivity contribution in [1.82, 2.24) is 30.0 Å². The maximum atomic E-state index is 14.1. The van der Waals surface area contributed by atoms with Crippen LogP contribution >= 0.6 is 0 Å². The Kier molecular flexibility index (Phi) is 3.92. The molecule has 0 saturated heterocycles. The first-order valence-electron chi connectivity index (χ1n) is 7.83.